The lowest BCUT2D eigenvalue weighted by Crippen LogP contribution is -2.17. The number of unbranched alkanes of at least 4 members (excludes halogenated alkanes) is 1. The van der Waals surface area contributed by atoms with Crippen LogP contribution in [-0.4, -0.2) is 35.7 Å². The van der Waals surface area contributed by atoms with Gasteiger partial charge < -0.3 is 10.2 Å². The van der Waals surface area contributed by atoms with Crippen LogP contribution >= 0.6 is 0 Å². The minimum absolute atomic E-state index is 0.0111. The molecule has 0 aliphatic heterocycles. The molecule has 0 aromatic heterocycles. The van der Waals surface area contributed by atoms with E-state index in [-0.39, 0.29) is 21.7 Å². The van der Waals surface area contributed by atoms with Crippen LogP contribution in [0, 0.1) is 0 Å². The van der Waals surface area contributed by atoms with Crippen molar-refractivity contribution < 1.29 is 10.2 Å². The standard InChI is InChI=1S/C34H52N2O2/c1-31(2,3)25-17-23(29(37)27(19-25)33(7,8)9)21-35-15-13-14-16-36-22-24-18-26(32(4,5)6)20-28(30(24)38)34(10,11)12/h17-22,37-38H,13-16H2,1-12H3. The number of hydrogen-bond donors (Lipinski definition) is 2. The van der Waals surface area contributed by atoms with Crippen molar-refractivity contribution in [1.29, 1.82) is 0 Å². The highest BCUT2D eigenvalue weighted by molar-refractivity contribution is 5.85. The van der Waals surface area contributed by atoms with E-state index in [9.17, 15) is 10.2 Å². The number of hydrogen-bond acceptors (Lipinski definition) is 4. The van der Waals surface area contributed by atoms with E-state index in [2.05, 4.69) is 117 Å². The van der Waals surface area contributed by atoms with Gasteiger partial charge in [0.1, 0.15) is 11.5 Å². The van der Waals surface area contributed by atoms with Crippen molar-refractivity contribution in [3.63, 3.8) is 0 Å². The Morgan fingerprint density at radius 2 is 0.842 bits per heavy atom. The molecule has 4 nitrogen and oxygen atoms in total. The monoisotopic (exact) mass is 520 g/mol. The smallest absolute Gasteiger partial charge is 0.128 e. The molecule has 0 saturated carbocycles. The molecule has 4 heteroatoms. The Labute approximate surface area is 232 Å². The number of benzene rings is 2. The van der Waals surface area contributed by atoms with Gasteiger partial charge >= 0.3 is 0 Å². The highest BCUT2D eigenvalue weighted by atomic mass is 16.3. The van der Waals surface area contributed by atoms with Crippen LogP contribution in [0.5, 0.6) is 11.5 Å². The van der Waals surface area contributed by atoms with Gasteiger partial charge in [0.25, 0.3) is 0 Å². The van der Waals surface area contributed by atoms with E-state index in [0.29, 0.717) is 24.6 Å². The number of aromatic hydroxyl groups is 2. The molecule has 2 aromatic carbocycles. The maximum atomic E-state index is 10.9. The molecule has 0 aliphatic carbocycles. The first-order valence-electron chi connectivity index (χ1n) is 14.0. The van der Waals surface area contributed by atoms with Crippen LogP contribution in [0.3, 0.4) is 0 Å². The Kier molecular flexibility index (Phi) is 9.67. The molecule has 0 amide bonds. The topological polar surface area (TPSA) is 65.2 Å². The normalized spacial score (nSPS) is 13.7. The Hall–Kier alpha value is -2.62. The molecule has 0 saturated heterocycles. The van der Waals surface area contributed by atoms with Crippen LogP contribution < -0.4 is 0 Å². The second-order valence-electron chi connectivity index (χ2n) is 14.7. The van der Waals surface area contributed by atoms with E-state index >= 15 is 0 Å². The molecule has 38 heavy (non-hydrogen) atoms. The molecule has 0 bridgehead atoms. The Balaban J connectivity index is 2.07. The van der Waals surface area contributed by atoms with Gasteiger partial charge in [0, 0.05) is 47.8 Å². The molecule has 0 spiro atoms. The highest BCUT2D eigenvalue weighted by Crippen LogP contribution is 2.38. The minimum Gasteiger partial charge on any atom is -0.507 e. The van der Waals surface area contributed by atoms with Crippen molar-refractivity contribution in [2.45, 2.75) is 118 Å². The zero-order valence-corrected chi connectivity index (χ0v) is 26.1. The van der Waals surface area contributed by atoms with Gasteiger partial charge in [-0.25, -0.2) is 0 Å². The number of phenolic OH excluding ortho intramolecular Hbond substituents is 2. The predicted molar refractivity (Wildman–Crippen MR) is 165 cm³/mol. The minimum atomic E-state index is -0.152. The van der Waals surface area contributed by atoms with Crippen LogP contribution in [-0.2, 0) is 21.7 Å². The lowest BCUT2D eigenvalue weighted by molar-refractivity contribution is 0.443. The van der Waals surface area contributed by atoms with E-state index in [1.54, 1.807) is 0 Å². The van der Waals surface area contributed by atoms with E-state index in [1.807, 2.05) is 12.4 Å². The summed E-state index contributed by atoms with van der Waals surface area (Å²) >= 11 is 0. The molecule has 0 aliphatic rings. The van der Waals surface area contributed by atoms with Gasteiger partial charge in [-0.2, -0.15) is 0 Å². The number of nitrogens with zero attached hydrogens (tertiary/aromatic N) is 2. The summed E-state index contributed by atoms with van der Waals surface area (Å²) in [5, 5.41) is 21.9. The highest BCUT2D eigenvalue weighted by Gasteiger charge is 2.25. The lowest BCUT2D eigenvalue weighted by atomic mass is 9.79. The third-order valence-electron chi connectivity index (χ3n) is 6.91. The molecule has 210 valence electrons. The first-order chi connectivity index (χ1) is 17.2. The first-order valence-corrected chi connectivity index (χ1v) is 14.0. The van der Waals surface area contributed by atoms with Gasteiger partial charge in [-0.1, -0.05) is 95.2 Å². The van der Waals surface area contributed by atoms with Gasteiger partial charge in [0.05, 0.1) is 0 Å². The maximum absolute atomic E-state index is 10.9. The fraction of sp³-hybridized carbons (Fsp3) is 0.588. The average Bonchev–Trinajstić information content (AvgIpc) is 2.74. The van der Waals surface area contributed by atoms with Crippen LogP contribution in [0.4, 0.5) is 0 Å². The predicted octanol–water partition coefficient (Wildman–Crippen LogP) is 8.61. The molecule has 2 rings (SSSR count). The van der Waals surface area contributed by atoms with Crippen molar-refractivity contribution in [2.75, 3.05) is 13.1 Å². The summed E-state index contributed by atoms with van der Waals surface area (Å²) in [4.78, 5) is 9.24. The summed E-state index contributed by atoms with van der Waals surface area (Å²) < 4.78 is 0. The van der Waals surface area contributed by atoms with Gasteiger partial charge in [0.2, 0.25) is 0 Å². The van der Waals surface area contributed by atoms with Crippen LogP contribution in [0.1, 0.15) is 129 Å². The van der Waals surface area contributed by atoms with Crippen molar-refractivity contribution in [3.05, 3.63) is 57.6 Å². The summed E-state index contributed by atoms with van der Waals surface area (Å²) in [6, 6.07) is 8.37. The zero-order valence-electron chi connectivity index (χ0n) is 26.1. The van der Waals surface area contributed by atoms with Crippen LogP contribution in [0.15, 0.2) is 34.3 Å². The molecular formula is C34H52N2O2. The fourth-order valence-electron chi connectivity index (χ4n) is 4.25. The molecule has 0 atom stereocenters. The van der Waals surface area contributed by atoms with E-state index in [4.69, 9.17) is 0 Å². The van der Waals surface area contributed by atoms with Crippen molar-refractivity contribution in [1.82, 2.24) is 0 Å². The molecule has 0 unspecified atom stereocenters. The third kappa shape index (κ3) is 8.44. The number of aliphatic imine (C=N–C) groups is 2. The van der Waals surface area contributed by atoms with E-state index < -0.39 is 0 Å². The number of phenols is 2. The van der Waals surface area contributed by atoms with Gasteiger partial charge in [-0.15, -0.1) is 0 Å². The second kappa shape index (κ2) is 11.6. The Morgan fingerprint density at radius 1 is 0.526 bits per heavy atom. The van der Waals surface area contributed by atoms with Crippen LogP contribution in [0.2, 0.25) is 0 Å². The summed E-state index contributed by atoms with van der Waals surface area (Å²) in [6.45, 7) is 27.2. The van der Waals surface area contributed by atoms with E-state index in [1.165, 1.54) is 11.1 Å². The molecule has 2 N–H and O–H groups in total. The van der Waals surface area contributed by atoms with Crippen molar-refractivity contribution in [2.24, 2.45) is 9.98 Å². The summed E-state index contributed by atoms with van der Waals surface area (Å²) in [7, 11) is 0. The Morgan fingerprint density at radius 3 is 1.11 bits per heavy atom. The first kappa shape index (κ1) is 31.6. The summed E-state index contributed by atoms with van der Waals surface area (Å²) in [6.07, 6.45) is 5.43. The second-order valence-corrected chi connectivity index (χ2v) is 14.7. The fourth-order valence-corrected chi connectivity index (χ4v) is 4.25. The molecular weight excluding hydrogens is 468 g/mol. The summed E-state index contributed by atoms with van der Waals surface area (Å²) in [5.74, 6) is 0.650. The van der Waals surface area contributed by atoms with E-state index in [0.717, 1.165) is 35.1 Å². The largest absolute Gasteiger partial charge is 0.507 e. The SMILES string of the molecule is CC(C)(C)c1cc(C=NCCCCN=Cc2cc(C(C)(C)C)cc(C(C)(C)C)c2O)c(O)c(C(C)(C)C)c1. The molecule has 0 fully saturated rings. The number of rotatable bonds is 7. The average molecular weight is 521 g/mol. The van der Waals surface area contributed by atoms with Crippen LogP contribution in [0.25, 0.3) is 0 Å². The summed E-state index contributed by atoms with van der Waals surface area (Å²) in [5.41, 5.74) is 5.54. The molecule has 0 heterocycles. The van der Waals surface area contributed by atoms with Gasteiger partial charge in [-0.3, -0.25) is 9.98 Å². The zero-order chi connectivity index (χ0) is 29.1. The Bertz CT molecular complexity index is 1070. The quantitative estimate of drug-likeness (QED) is 0.283. The maximum Gasteiger partial charge on any atom is 0.128 e. The van der Waals surface area contributed by atoms with Gasteiger partial charge in [-0.05, 0) is 57.8 Å². The third-order valence-corrected chi connectivity index (χ3v) is 6.91. The lowest BCUT2D eigenvalue weighted by Gasteiger charge is -2.27. The molecule has 0 radical (unpaired) electrons. The van der Waals surface area contributed by atoms with Crippen molar-refractivity contribution in [3.8, 4) is 11.5 Å². The van der Waals surface area contributed by atoms with Crippen molar-refractivity contribution >= 4 is 12.4 Å². The van der Waals surface area contributed by atoms with Gasteiger partial charge in [0.15, 0.2) is 0 Å². The molecule has 2 aromatic rings.